The fourth-order valence-electron chi connectivity index (χ4n) is 0.644. The van der Waals surface area contributed by atoms with Gasteiger partial charge >= 0.3 is 12.1 Å². The summed E-state index contributed by atoms with van der Waals surface area (Å²) in [5.74, 6) is 0. The van der Waals surface area contributed by atoms with Crippen molar-refractivity contribution in [3.8, 4) is 0 Å². The molecule has 0 aliphatic carbocycles. The lowest BCUT2D eigenvalue weighted by Crippen LogP contribution is -2.50. The molecule has 0 bridgehead atoms. The third-order valence-corrected chi connectivity index (χ3v) is 1.19. The maximum Gasteiger partial charge on any atom is 0.423 e. The van der Waals surface area contributed by atoms with Crippen molar-refractivity contribution in [1.29, 1.82) is 0 Å². The smallest absolute Gasteiger partial charge is 0.423 e. The molecule has 13 heavy (non-hydrogen) atoms. The zero-order valence-corrected chi connectivity index (χ0v) is 7.41. The van der Waals surface area contributed by atoms with Crippen LogP contribution in [-0.4, -0.2) is 35.3 Å². The number of nitrogens with zero attached hydrogens (tertiary/aromatic N) is 1. The number of hydrogen-bond donors (Lipinski definition) is 3. The Balaban J connectivity index is 3.98. The topological polar surface area (TPSA) is 81.7 Å². The van der Waals surface area contributed by atoms with Gasteiger partial charge in [0, 0.05) is 13.1 Å². The van der Waals surface area contributed by atoms with Crippen molar-refractivity contribution in [3.05, 3.63) is 12.7 Å². The van der Waals surface area contributed by atoms with Crippen LogP contribution >= 0.6 is 0 Å². The highest BCUT2D eigenvalue weighted by atomic mass is 16.4. The molecule has 0 fully saturated rings. The standard InChI is InChI=1S/C7H13N3O3/c1-3-5-8-6(11)10(4-2)9-7(12)13/h3,9H,1,4-5H2,2H3,(H,8,11)(H,12,13). The fourth-order valence-corrected chi connectivity index (χ4v) is 0.644. The maximum atomic E-state index is 11.1. The van der Waals surface area contributed by atoms with E-state index in [2.05, 4.69) is 11.9 Å². The molecule has 6 nitrogen and oxygen atoms in total. The Labute approximate surface area is 76.2 Å². The maximum absolute atomic E-state index is 11.1. The first kappa shape index (κ1) is 11.3. The second-order valence-electron chi connectivity index (χ2n) is 2.14. The monoisotopic (exact) mass is 187 g/mol. The van der Waals surface area contributed by atoms with E-state index in [1.807, 2.05) is 5.43 Å². The van der Waals surface area contributed by atoms with Gasteiger partial charge in [0.05, 0.1) is 0 Å². The van der Waals surface area contributed by atoms with Gasteiger partial charge in [0.1, 0.15) is 0 Å². The summed E-state index contributed by atoms with van der Waals surface area (Å²) in [5.41, 5.74) is 1.94. The van der Waals surface area contributed by atoms with Crippen LogP contribution in [0.25, 0.3) is 0 Å². The second kappa shape index (κ2) is 5.87. The highest BCUT2D eigenvalue weighted by Crippen LogP contribution is 1.83. The largest absolute Gasteiger partial charge is 0.464 e. The molecular weight excluding hydrogens is 174 g/mol. The molecule has 0 aromatic rings. The van der Waals surface area contributed by atoms with Gasteiger partial charge in [0.15, 0.2) is 0 Å². The van der Waals surface area contributed by atoms with Crippen LogP contribution in [0.4, 0.5) is 9.59 Å². The first-order valence-corrected chi connectivity index (χ1v) is 3.77. The van der Waals surface area contributed by atoms with Gasteiger partial charge in [-0.3, -0.25) is 0 Å². The quantitative estimate of drug-likeness (QED) is 0.441. The summed E-state index contributed by atoms with van der Waals surface area (Å²) in [6, 6.07) is -0.496. The molecule has 0 rings (SSSR count). The van der Waals surface area contributed by atoms with Crippen LogP contribution in [0.1, 0.15) is 6.92 Å². The van der Waals surface area contributed by atoms with Crippen LogP contribution < -0.4 is 10.7 Å². The third-order valence-electron chi connectivity index (χ3n) is 1.19. The summed E-state index contributed by atoms with van der Waals surface area (Å²) in [6.45, 7) is 5.63. The number of carboxylic acid groups (broad SMARTS) is 1. The van der Waals surface area contributed by atoms with Gasteiger partial charge in [-0.1, -0.05) is 6.08 Å². The minimum Gasteiger partial charge on any atom is -0.464 e. The van der Waals surface area contributed by atoms with E-state index in [0.717, 1.165) is 5.01 Å². The zero-order valence-electron chi connectivity index (χ0n) is 7.41. The normalized spacial score (nSPS) is 8.69. The van der Waals surface area contributed by atoms with Crippen LogP contribution in [0.5, 0.6) is 0 Å². The lowest BCUT2D eigenvalue weighted by atomic mass is 10.6. The van der Waals surface area contributed by atoms with E-state index >= 15 is 0 Å². The van der Waals surface area contributed by atoms with Gasteiger partial charge in [-0.05, 0) is 6.92 Å². The molecule has 0 aliphatic rings. The summed E-state index contributed by atoms with van der Waals surface area (Å²) in [4.78, 5) is 21.3. The molecule has 74 valence electrons. The van der Waals surface area contributed by atoms with Crippen molar-refractivity contribution < 1.29 is 14.7 Å². The fraction of sp³-hybridized carbons (Fsp3) is 0.429. The van der Waals surface area contributed by atoms with E-state index in [0.29, 0.717) is 6.54 Å². The molecule has 0 aromatic heterocycles. The summed E-state index contributed by atoms with van der Waals surface area (Å²) in [7, 11) is 0. The van der Waals surface area contributed by atoms with E-state index in [1.165, 1.54) is 6.08 Å². The van der Waals surface area contributed by atoms with Crippen LogP contribution in [0.3, 0.4) is 0 Å². The van der Waals surface area contributed by atoms with Crippen molar-refractivity contribution in [1.82, 2.24) is 15.8 Å². The second-order valence-corrected chi connectivity index (χ2v) is 2.14. The number of carbonyl (C=O) groups is 2. The van der Waals surface area contributed by atoms with E-state index in [4.69, 9.17) is 5.11 Å². The number of hydrazine groups is 1. The number of carbonyl (C=O) groups excluding carboxylic acids is 1. The predicted molar refractivity (Wildman–Crippen MR) is 47.1 cm³/mol. The van der Waals surface area contributed by atoms with Crippen molar-refractivity contribution in [3.63, 3.8) is 0 Å². The molecule has 0 atom stereocenters. The first-order chi connectivity index (χ1) is 6.11. The SMILES string of the molecule is C=CCNC(=O)N(CC)NC(=O)O. The van der Waals surface area contributed by atoms with Crippen LogP contribution in [0.2, 0.25) is 0 Å². The summed E-state index contributed by atoms with van der Waals surface area (Å²) >= 11 is 0. The van der Waals surface area contributed by atoms with Crippen molar-refractivity contribution in [2.75, 3.05) is 13.1 Å². The summed E-state index contributed by atoms with van der Waals surface area (Å²) in [6.07, 6.45) is 0.238. The molecule has 3 N–H and O–H groups in total. The van der Waals surface area contributed by atoms with Crippen molar-refractivity contribution in [2.45, 2.75) is 6.92 Å². The zero-order chi connectivity index (χ0) is 10.3. The number of urea groups is 1. The molecular formula is C7H13N3O3. The Morgan fingerprint density at radius 2 is 2.23 bits per heavy atom. The van der Waals surface area contributed by atoms with Gasteiger partial charge < -0.3 is 10.4 Å². The molecule has 0 saturated carbocycles. The minimum absolute atomic E-state index is 0.259. The molecule has 0 heterocycles. The molecule has 0 aliphatic heterocycles. The van der Waals surface area contributed by atoms with Gasteiger partial charge in [-0.25, -0.2) is 20.0 Å². The first-order valence-electron chi connectivity index (χ1n) is 3.77. The van der Waals surface area contributed by atoms with Crippen LogP contribution in [0.15, 0.2) is 12.7 Å². The number of nitrogens with one attached hydrogen (secondary N) is 2. The van der Waals surface area contributed by atoms with Gasteiger partial charge in [0.2, 0.25) is 0 Å². The molecule has 0 unspecified atom stereocenters. The highest BCUT2D eigenvalue weighted by Gasteiger charge is 2.11. The molecule has 0 aromatic carbocycles. The van der Waals surface area contributed by atoms with Gasteiger partial charge in [-0.15, -0.1) is 6.58 Å². The van der Waals surface area contributed by atoms with E-state index in [1.54, 1.807) is 6.92 Å². The third kappa shape index (κ3) is 4.67. The predicted octanol–water partition coefficient (Wildman–Crippen LogP) is 0.387. The van der Waals surface area contributed by atoms with E-state index in [-0.39, 0.29) is 6.54 Å². The van der Waals surface area contributed by atoms with E-state index in [9.17, 15) is 9.59 Å². The Hall–Kier alpha value is -1.72. The molecule has 0 spiro atoms. The van der Waals surface area contributed by atoms with Crippen LogP contribution in [0, 0.1) is 0 Å². The Bertz CT molecular complexity index is 205. The number of amides is 3. The van der Waals surface area contributed by atoms with E-state index < -0.39 is 12.1 Å². The number of rotatable bonds is 3. The van der Waals surface area contributed by atoms with Gasteiger partial charge in [-0.2, -0.15) is 0 Å². The average molecular weight is 187 g/mol. The Kier molecular flexibility index (Phi) is 5.09. The lowest BCUT2D eigenvalue weighted by Gasteiger charge is -2.19. The molecule has 3 amide bonds. The molecule has 0 radical (unpaired) electrons. The minimum atomic E-state index is -1.27. The molecule has 6 heteroatoms. The lowest BCUT2D eigenvalue weighted by molar-refractivity contribution is 0.145. The Morgan fingerprint density at radius 3 is 2.62 bits per heavy atom. The summed E-state index contributed by atoms with van der Waals surface area (Å²) < 4.78 is 0. The average Bonchev–Trinajstić information content (AvgIpc) is 2.09. The van der Waals surface area contributed by atoms with Crippen molar-refractivity contribution in [2.24, 2.45) is 0 Å². The number of hydrogen-bond acceptors (Lipinski definition) is 2. The van der Waals surface area contributed by atoms with Gasteiger partial charge in [0.25, 0.3) is 0 Å². The molecule has 0 saturated heterocycles. The van der Waals surface area contributed by atoms with Crippen LogP contribution in [-0.2, 0) is 0 Å². The van der Waals surface area contributed by atoms with Crippen molar-refractivity contribution >= 4 is 12.1 Å². The highest BCUT2D eigenvalue weighted by molar-refractivity contribution is 5.77. The Morgan fingerprint density at radius 1 is 1.62 bits per heavy atom. The summed E-state index contributed by atoms with van der Waals surface area (Å²) in [5, 5.41) is 11.7.